The van der Waals surface area contributed by atoms with Crippen LogP contribution in [0.3, 0.4) is 0 Å². The first-order chi connectivity index (χ1) is 8.66. The van der Waals surface area contributed by atoms with E-state index in [0.717, 1.165) is 5.56 Å². The lowest BCUT2D eigenvalue weighted by atomic mass is 9.98. The van der Waals surface area contributed by atoms with Crippen LogP contribution in [0.4, 0.5) is 4.39 Å². The quantitative estimate of drug-likeness (QED) is 0.848. The number of benzene rings is 2. The Kier molecular flexibility index (Phi) is 3.78. The van der Waals surface area contributed by atoms with Gasteiger partial charge in [0.2, 0.25) is 0 Å². The molecule has 2 rings (SSSR count). The molecule has 1 nitrogen and oxygen atoms in total. The summed E-state index contributed by atoms with van der Waals surface area (Å²) in [6.45, 7) is 1.92. The topological polar surface area (TPSA) is 20.2 Å². The molecule has 92 valence electrons. The minimum absolute atomic E-state index is 0.0408. The summed E-state index contributed by atoms with van der Waals surface area (Å²) in [7, 11) is 0. The molecule has 0 aliphatic rings. The SMILES string of the molecule is CC(/C=C\c1ccccc1)c1cc(F)ccc1O. The van der Waals surface area contributed by atoms with E-state index in [0.29, 0.717) is 5.56 Å². The fourth-order valence-corrected chi connectivity index (χ4v) is 1.81. The molecule has 0 heterocycles. The van der Waals surface area contributed by atoms with E-state index in [4.69, 9.17) is 0 Å². The molecule has 0 radical (unpaired) electrons. The Morgan fingerprint density at radius 3 is 2.56 bits per heavy atom. The van der Waals surface area contributed by atoms with Crippen LogP contribution in [0.25, 0.3) is 6.08 Å². The first kappa shape index (κ1) is 12.4. The van der Waals surface area contributed by atoms with Crippen LogP contribution in [0, 0.1) is 5.82 Å². The average molecular weight is 242 g/mol. The molecule has 0 amide bonds. The first-order valence-corrected chi connectivity index (χ1v) is 5.88. The summed E-state index contributed by atoms with van der Waals surface area (Å²) in [6.07, 6.45) is 3.92. The van der Waals surface area contributed by atoms with Gasteiger partial charge in [0.25, 0.3) is 0 Å². The Labute approximate surface area is 106 Å². The van der Waals surface area contributed by atoms with E-state index >= 15 is 0 Å². The molecule has 0 aromatic heterocycles. The zero-order valence-electron chi connectivity index (χ0n) is 10.2. The highest BCUT2D eigenvalue weighted by Crippen LogP contribution is 2.27. The number of hydrogen-bond donors (Lipinski definition) is 1. The molecular formula is C16H15FO. The Morgan fingerprint density at radius 1 is 1.11 bits per heavy atom. The third-order valence-corrected chi connectivity index (χ3v) is 2.86. The van der Waals surface area contributed by atoms with Crippen molar-refractivity contribution in [3.8, 4) is 5.75 Å². The second-order valence-electron chi connectivity index (χ2n) is 4.26. The lowest BCUT2D eigenvalue weighted by Gasteiger charge is -2.09. The van der Waals surface area contributed by atoms with Crippen molar-refractivity contribution in [1.82, 2.24) is 0 Å². The van der Waals surface area contributed by atoms with E-state index in [2.05, 4.69) is 0 Å². The van der Waals surface area contributed by atoms with Crippen LogP contribution >= 0.6 is 0 Å². The molecule has 2 heteroatoms. The van der Waals surface area contributed by atoms with E-state index in [-0.39, 0.29) is 17.5 Å². The van der Waals surface area contributed by atoms with Crippen LogP contribution in [0.2, 0.25) is 0 Å². The Hall–Kier alpha value is -2.09. The van der Waals surface area contributed by atoms with E-state index in [9.17, 15) is 9.50 Å². The minimum Gasteiger partial charge on any atom is -0.508 e. The summed E-state index contributed by atoms with van der Waals surface area (Å²) >= 11 is 0. The van der Waals surface area contributed by atoms with Gasteiger partial charge in [-0.2, -0.15) is 0 Å². The van der Waals surface area contributed by atoms with Crippen molar-refractivity contribution in [1.29, 1.82) is 0 Å². The molecular weight excluding hydrogens is 227 g/mol. The summed E-state index contributed by atoms with van der Waals surface area (Å²) in [5.41, 5.74) is 1.68. The van der Waals surface area contributed by atoms with Gasteiger partial charge in [0, 0.05) is 11.5 Å². The third kappa shape index (κ3) is 2.98. The van der Waals surface area contributed by atoms with Gasteiger partial charge in [-0.1, -0.05) is 49.4 Å². The number of phenolic OH excluding ortho intramolecular Hbond substituents is 1. The molecule has 1 N–H and O–H groups in total. The van der Waals surface area contributed by atoms with Crippen LogP contribution in [0.1, 0.15) is 24.0 Å². The van der Waals surface area contributed by atoms with Gasteiger partial charge in [0.1, 0.15) is 11.6 Å². The third-order valence-electron chi connectivity index (χ3n) is 2.86. The summed E-state index contributed by atoms with van der Waals surface area (Å²) in [5.74, 6) is -0.245. The van der Waals surface area contributed by atoms with Crippen molar-refractivity contribution < 1.29 is 9.50 Å². The fraction of sp³-hybridized carbons (Fsp3) is 0.125. The summed E-state index contributed by atoms with van der Waals surface area (Å²) in [4.78, 5) is 0. The average Bonchev–Trinajstić information content (AvgIpc) is 2.40. The van der Waals surface area contributed by atoms with Gasteiger partial charge in [0.05, 0.1) is 0 Å². The zero-order valence-corrected chi connectivity index (χ0v) is 10.2. The molecule has 2 aromatic rings. The molecule has 2 aromatic carbocycles. The van der Waals surface area contributed by atoms with Gasteiger partial charge in [-0.05, 0) is 23.8 Å². The van der Waals surface area contributed by atoms with Crippen molar-refractivity contribution in [3.63, 3.8) is 0 Å². The Balaban J connectivity index is 2.19. The van der Waals surface area contributed by atoms with Gasteiger partial charge in [-0.3, -0.25) is 0 Å². The number of hydrogen-bond acceptors (Lipinski definition) is 1. The molecule has 0 saturated heterocycles. The van der Waals surface area contributed by atoms with Gasteiger partial charge in [-0.25, -0.2) is 4.39 Å². The molecule has 0 bridgehead atoms. The fourth-order valence-electron chi connectivity index (χ4n) is 1.81. The molecule has 0 spiro atoms. The van der Waals surface area contributed by atoms with Gasteiger partial charge in [0.15, 0.2) is 0 Å². The van der Waals surface area contributed by atoms with Crippen molar-refractivity contribution in [2.24, 2.45) is 0 Å². The maximum absolute atomic E-state index is 13.1. The van der Waals surface area contributed by atoms with Crippen molar-refractivity contribution in [3.05, 3.63) is 71.6 Å². The standard InChI is InChI=1S/C16H15FO/c1-12(7-8-13-5-3-2-4-6-13)15-11-14(17)9-10-16(15)18/h2-12,18H,1H3/b8-7-. The normalized spacial score (nSPS) is 12.8. The predicted molar refractivity (Wildman–Crippen MR) is 72.0 cm³/mol. The Bertz CT molecular complexity index is 546. The maximum atomic E-state index is 13.1. The van der Waals surface area contributed by atoms with Crippen LogP contribution in [0.5, 0.6) is 5.75 Å². The Morgan fingerprint density at radius 2 is 1.83 bits per heavy atom. The predicted octanol–water partition coefficient (Wildman–Crippen LogP) is 4.35. The smallest absolute Gasteiger partial charge is 0.123 e. The van der Waals surface area contributed by atoms with E-state index < -0.39 is 0 Å². The number of phenols is 1. The summed E-state index contributed by atoms with van der Waals surface area (Å²) in [5, 5.41) is 9.70. The summed E-state index contributed by atoms with van der Waals surface area (Å²) < 4.78 is 13.1. The first-order valence-electron chi connectivity index (χ1n) is 5.88. The lowest BCUT2D eigenvalue weighted by molar-refractivity contribution is 0.464. The number of halogens is 1. The molecule has 1 atom stereocenters. The lowest BCUT2D eigenvalue weighted by Crippen LogP contribution is -1.91. The van der Waals surface area contributed by atoms with E-state index in [1.807, 2.05) is 49.4 Å². The highest BCUT2D eigenvalue weighted by atomic mass is 19.1. The number of aromatic hydroxyl groups is 1. The molecule has 18 heavy (non-hydrogen) atoms. The number of allylic oxidation sites excluding steroid dienone is 1. The molecule has 0 aliphatic heterocycles. The summed E-state index contributed by atoms with van der Waals surface area (Å²) in [6, 6.07) is 13.9. The van der Waals surface area contributed by atoms with Crippen molar-refractivity contribution in [2.75, 3.05) is 0 Å². The van der Waals surface area contributed by atoms with Crippen LogP contribution in [0.15, 0.2) is 54.6 Å². The monoisotopic (exact) mass is 242 g/mol. The molecule has 1 unspecified atom stereocenters. The van der Waals surface area contributed by atoms with Gasteiger partial charge < -0.3 is 5.11 Å². The highest BCUT2D eigenvalue weighted by Gasteiger charge is 2.08. The van der Waals surface area contributed by atoms with Crippen LogP contribution in [-0.4, -0.2) is 5.11 Å². The molecule has 0 fully saturated rings. The largest absolute Gasteiger partial charge is 0.508 e. The molecule has 0 saturated carbocycles. The zero-order chi connectivity index (χ0) is 13.0. The van der Waals surface area contributed by atoms with Gasteiger partial charge in [-0.15, -0.1) is 0 Å². The van der Waals surface area contributed by atoms with Gasteiger partial charge >= 0.3 is 0 Å². The molecule has 0 aliphatic carbocycles. The van der Waals surface area contributed by atoms with E-state index in [1.165, 1.54) is 18.2 Å². The van der Waals surface area contributed by atoms with E-state index in [1.54, 1.807) is 0 Å². The van der Waals surface area contributed by atoms with Crippen LogP contribution < -0.4 is 0 Å². The second kappa shape index (κ2) is 5.50. The second-order valence-corrected chi connectivity index (χ2v) is 4.26. The number of rotatable bonds is 3. The minimum atomic E-state index is -0.331. The van der Waals surface area contributed by atoms with Crippen molar-refractivity contribution in [2.45, 2.75) is 12.8 Å². The van der Waals surface area contributed by atoms with Crippen LogP contribution in [-0.2, 0) is 0 Å². The van der Waals surface area contributed by atoms with Crippen molar-refractivity contribution >= 4 is 6.08 Å². The highest BCUT2D eigenvalue weighted by molar-refractivity contribution is 5.51. The maximum Gasteiger partial charge on any atom is 0.123 e.